The predicted octanol–water partition coefficient (Wildman–Crippen LogP) is 2.19. The normalized spacial score (nSPS) is 34.0. The molecule has 0 aromatic rings. The molecule has 2 heterocycles. The van der Waals surface area contributed by atoms with Gasteiger partial charge in [-0.1, -0.05) is 34.6 Å². The Balaban J connectivity index is 1.89. The fraction of sp³-hybridized carbons (Fsp3) is 0.889. The van der Waals surface area contributed by atoms with Crippen LogP contribution in [0.3, 0.4) is 0 Å². The van der Waals surface area contributed by atoms with Gasteiger partial charge >= 0.3 is 0 Å². The Kier molecular flexibility index (Phi) is 3.19. The third kappa shape index (κ3) is 2.21. The Hall–Kier alpha value is 0.300. The van der Waals surface area contributed by atoms with E-state index in [9.17, 15) is 0 Å². The number of hydrogen-bond acceptors (Lipinski definition) is 3. The summed E-state index contributed by atoms with van der Waals surface area (Å²) in [6.45, 7) is 5.74. The van der Waals surface area contributed by atoms with Gasteiger partial charge in [-0.25, -0.2) is 0 Å². The first-order chi connectivity index (χ1) is 6.29. The van der Waals surface area contributed by atoms with E-state index in [0.717, 1.165) is 17.8 Å². The molecule has 13 heavy (non-hydrogen) atoms. The molecule has 4 heteroatoms. The number of likely N-dealkylation sites (tertiary alicyclic amines) is 1. The van der Waals surface area contributed by atoms with Gasteiger partial charge in [0, 0.05) is 23.7 Å². The fourth-order valence-electron chi connectivity index (χ4n) is 1.77. The van der Waals surface area contributed by atoms with Crippen molar-refractivity contribution in [3.8, 4) is 0 Å². The lowest BCUT2D eigenvalue weighted by Crippen LogP contribution is -2.25. The molecule has 2 atom stereocenters. The van der Waals surface area contributed by atoms with Crippen molar-refractivity contribution in [1.82, 2.24) is 4.90 Å². The molecule has 0 amide bonds. The van der Waals surface area contributed by atoms with Gasteiger partial charge in [-0.05, 0) is 12.3 Å². The van der Waals surface area contributed by atoms with Gasteiger partial charge in [0.15, 0.2) is 5.17 Å². The van der Waals surface area contributed by atoms with Crippen LogP contribution < -0.4 is 0 Å². The first-order valence-electron chi connectivity index (χ1n) is 4.81. The molecule has 2 aliphatic rings. The van der Waals surface area contributed by atoms with Crippen LogP contribution in [-0.4, -0.2) is 40.3 Å². The Bertz CT molecular complexity index is 220. The number of hydrogen-bond donors (Lipinski definition) is 0. The van der Waals surface area contributed by atoms with Gasteiger partial charge in [0.05, 0.1) is 6.54 Å². The van der Waals surface area contributed by atoms with E-state index in [4.69, 9.17) is 0 Å². The van der Waals surface area contributed by atoms with Crippen LogP contribution in [0.15, 0.2) is 4.99 Å². The van der Waals surface area contributed by atoms with Gasteiger partial charge < -0.3 is 4.90 Å². The predicted molar refractivity (Wildman–Crippen MR) is 62.8 cm³/mol. The van der Waals surface area contributed by atoms with Crippen LogP contribution in [0, 0.1) is 5.92 Å². The zero-order chi connectivity index (χ0) is 9.26. The average molecular weight is 263 g/mol. The molecule has 0 aromatic heterocycles. The zero-order valence-electron chi connectivity index (χ0n) is 7.87. The molecule has 1 saturated heterocycles. The average Bonchev–Trinajstić information content (AvgIpc) is 2.71. The highest BCUT2D eigenvalue weighted by atomic mass is 79.9. The van der Waals surface area contributed by atoms with Crippen LogP contribution in [0.1, 0.15) is 13.3 Å². The van der Waals surface area contributed by atoms with E-state index in [1.54, 1.807) is 0 Å². The first kappa shape index (κ1) is 9.84. The summed E-state index contributed by atoms with van der Waals surface area (Å²) >= 11 is 5.45. The van der Waals surface area contributed by atoms with Crippen molar-refractivity contribution in [1.29, 1.82) is 0 Å². The molecule has 0 spiro atoms. The van der Waals surface area contributed by atoms with Gasteiger partial charge in [0.25, 0.3) is 0 Å². The number of halogens is 1. The molecule has 0 radical (unpaired) electrons. The smallest absolute Gasteiger partial charge is 0.159 e. The number of nitrogens with zero attached hydrogens (tertiary/aromatic N) is 2. The van der Waals surface area contributed by atoms with Crippen LogP contribution in [0.5, 0.6) is 0 Å². The number of rotatable bonds is 1. The summed E-state index contributed by atoms with van der Waals surface area (Å²) in [6, 6.07) is 0. The monoisotopic (exact) mass is 262 g/mol. The summed E-state index contributed by atoms with van der Waals surface area (Å²) in [5.41, 5.74) is 0. The molecule has 0 saturated carbocycles. The highest BCUT2D eigenvalue weighted by Crippen LogP contribution is 2.28. The summed E-state index contributed by atoms with van der Waals surface area (Å²) in [6.07, 6.45) is 1.33. The topological polar surface area (TPSA) is 15.6 Å². The molecule has 74 valence electrons. The van der Waals surface area contributed by atoms with Crippen LogP contribution >= 0.6 is 27.7 Å². The lowest BCUT2D eigenvalue weighted by Gasteiger charge is -2.17. The summed E-state index contributed by atoms with van der Waals surface area (Å²) < 4.78 is 0. The molecule has 1 fully saturated rings. The van der Waals surface area contributed by atoms with Gasteiger partial charge in [-0.15, -0.1) is 0 Å². The van der Waals surface area contributed by atoms with Gasteiger partial charge in [-0.3, -0.25) is 4.99 Å². The van der Waals surface area contributed by atoms with Crippen molar-refractivity contribution >= 4 is 32.9 Å². The molecule has 2 aliphatic heterocycles. The summed E-state index contributed by atoms with van der Waals surface area (Å²) in [7, 11) is 0. The maximum absolute atomic E-state index is 4.58. The van der Waals surface area contributed by atoms with Crippen LogP contribution in [0.25, 0.3) is 0 Å². The molecule has 0 aliphatic carbocycles. The minimum Gasteiger partial charge on any atom is -0.351 e. The van der Waals surface area contributed by atoms with Crippen molar-refractivity contribution in [3.63, 3.8) is 0 Å². The van der Waals surface area contributed by atoms with Gasteiger partial charge in [-0.2, -0.15) is 0 Å². The lowest BCUT2D eigenvalue weighted by atomic mass is 10.2. The third-order valence-electron chi connectivity index (χ3n) is 2.57. The van der Waals surface area contributed by atoms with Crippen molar-refractivity contribution in [2.24, 2.45) is 10.9 Å². The number of amidine groups is 1. The maximum atomic E-state index is 4.58. The van der Waals surface area contributed by atoms with E-state index in [1.165, 1.54) is 24.7 Å². The van der Waals surface area contributed by atoms with E-state index in [-0.39, 0.29) is 0 Å². The SMILES string of the molecule is CC1CCN(C2=NCC(CBr)S2)C1. The number of thioether (sulfide) groups is 1. The van der Waals surface area contributed by atoms with E-state index in [0.29, 0.717) is 5.25 Å². The van der Waals surface area contributed by atoms with Crippen molar-refractivity contribution in [2.45, 2.75) is 18.6 Å². The third-order valence-corrected chi connectivity index (χ3v) is 5.03. The number of alkyl halides is 1. The van der Waals surface area contributed by atoms with Crippen LogP contribution in [0.4, 0.5) is 0 Å². The largest absolute Gasteiger partial charge is 0.351 e. The standard InChI is InChI=1S/C9H15BrN2S/c1-7-2-3-12(6-7)9-11-5-8(4-10)13-9/h7-8H,2-6H2,1H3. The Morgan fingerprint density at radius 2 is 2.54 bits per heavy atom. The van der Waals surface area contributed by atoms with E-state index in [2.05, 4.69) is 32.7 Å². The zero-order valence-corrected chi connectivity index (χ0v) is 10.3. The second-order valence-corrected chi connectivity index (χ2v) is 5.77. The summed E-state index contributed by atoms with van der Waals surface area (Å²) in [5, 5.41) is 3.02. The molecule has 2 nitrogen and oxygen atoms in total. The summed E-state index contributed by atoms with van der Waals surface area (Å²) in [4.78, 5) is 7.02. The molecule has 2 rings (SSSR count). The van der Waals surface area contributed by atoms with Gasteiger partial charge in [0.2, 0.25) is 0 Å². The maximum Gasteiger partial charge on any atom is 0.159 e. The van der Waals surface area contributed by atoms with Crippen LogP contribution in [0.2, 0.25) is 0 Å². The number of aliphatic imine (C=N–C) groups is 1. The molecule has 2 unspecified atom stereocenters. The molecule has 0 aromatic carbocycles. The quantitative estimate of drug-likeness (QED) is 0.674. The highest BCUT2D eigenvalue weighted by Gasteiger charge is 2.27. The molecular weight excluding hydrogens is 248 g/mol. The second kappa shape index (κ2) is 4.22. The van der Waals surface area contributed by atoms with Crippen molar-refractivity contribution in [2.75, 3.05) is 25.0 Å². The molecule has 0 bridgehead atoms. The molecular formula is C9H15BrN2S. The lowest BCUT2D eigenvalue weighted by molar-refractivity contribution is 0.503. The van der Waals surface area contributed by atoms with E-state index < -0.39 is 0 Å². The van der Waals surface area contributed by atoms with Crippen molar-refractivity contribution in [3.05, 3.63) is 0 Å². The Labute approximate surface area is 92.3 Å². The van der Waals surface area contributed by atoms with Gasteiger partial charge in [0.1, 0.15) is 0 Å². The van der Waals surface area contributed by atoms with E-state index in [1.807, 2.05) is 11.8 Å². The van der Waals surface area contributed by atoms with Crippen LogP contribution in [-0.2, 0) is 0 Å². The second-order valence-electron chi connectivity index (χ2n) is 3.86. The Morgan fingerprint density at radius 3 is 3.08 bits per heavy atom. The van der Waals surface area contributed by atoms with E-state index >= 15 is 0 Å². The minimum absolute atomic E-state index is 0.672. The Morgan fingerprint density at radius 1 is 1.69 bits per heavy atom. The molecule has 0 N–H and O–H groups in total. The highest BCUT2D eigenvalue weighted by molar-refractivity contribution is 9.09. The fourth-order valence-corrected chi connectivity index (χ4v) is 3.34. The summed E-state index contributed by atoms with van der Waals surface area (Å²) in [5.74, 6) is 0.853. The minimum atomic E-state index is 0.672. The first-order valence-corrected chi connectivity index (χ1v) is 6.81. The van der Waals surface area contributed by atoms with Crippen molar-refractivity contribution < 1.29 is 0 Å².